The van der Waals surface area contributed by atoms with Crippen molar-refractivity contribution in [3.8, 4) is 11.8 Å². The van der Waals surface area contributed by atoms with Gasteiger partial charge in [0.1, 0.15) is 5.82 Å². The molecule has 0 N–H and O–H groups in total. The van der Waals surface area contributed by atoms with Crippen molar-refractivity contribution in [3.63, 3.8) is 0 Å². The van der Waals surface area contributed by atoms with Crippen LogP contribution < -0.4 is 9.47 Å². The van der Waals surface area contributed by atoms with Gasteiger partial charge in [-0.1, -0.05) is 18.2 Å². The molecule has 1 aromatic carbocycles. The maximum Gasteiger partial charge on any atom is 0.220 e. The Kier molecular flexibility index (Phi) is 6.48. The fourth-order valence-electron chi connectivity index (χ4n) is 3.27. The number of methoxy groups -OCH3 is 2. The third-order valence-electron chi connectivity index (χ3n) is 4.74. The van der Waals surface area contributed by atoms with E-state index < -0.39 is 9.84 Å². The topological polar surface area (TPSA) is 84.9 Å². The normalized spacial score (nSPS) is 16.1. The summed E-state index contributed by atoms with van der Waals surface area (Å²) in [5.41, 5.74) is 0.847. The Morgan fingerprint density at radius 3 is 2.00 bits per heavy atom. The van der Waals surface area contributed by atoms with Crippen LogP contribution in [0.1, 0.15) is 11.4 Å². The molecule has 1 aliphatic heterocycles. The van der Waals surface area contributed by atoms with E-state index in [2.05, 4.69) is 19.8 Å². The molecule has 0 radical (unpaired) electrons. The highest BCUT2D eigenvalue weighted by Crippen LogP contribution is 2.19. The summed E-state index contributed by atoms with van der Waals surface area (Å²) >= 11 is 0. The minimum atomic E-state index is -3.23. The van der Waals surface area contributed by atoms with Gasteiger partial charge < -0.3 is 9.47 Å². The summed E-state index contributed by atoms with van der Waals surface area (Å²) in [6, 6.07) is 8.86. The van der Waals surface area contributed by atoms with Crippen LogP contribution in [0.4, 0.5) is 0 Å². The molecule has 0 atom stereocenters. The zero-order chi connectivity index (χ0) is 20.1. The average Bonchev–Trinajstić information content (AvgIpc) is 2.68. The van der Waals surface area contributed by atoms with Gasteiger partial charge in [0.2, 0.25) is 11.8 Å². The predicted molar refractivity (Wildman–Crippen MR) is 105 cm³/mol. The molecule has 3 rings (SSSR count). The Balaban J connectivity index is 1.60. The highest BCUT2D eigenvalue weighted by Gasteiger charge is 2.21. The largest absolute Gasteiger partial charge is 0.481 e. The molecule has 28 heavy (non-hydrogen) atoms. The number of hydrogen-bond donors (Lipinski definition) is 0. The lowest BCUT2D eigenvalue weighted by Crippen LogP contribution is -2.45. The predicted octanol–water partition coefficient (Wildman–Crippen LogP) is 1.22. The standard InChI is InChI=1S/C19H26N4O4S/c1-26-18-12-19(27-2)21-17(20-18)14-23-10-8-22(9-11-23)13-15-6-4-5-7-16(15)28(3,24)25/h4-7,12H,8-11,13-14H2,1-3H3. The maximum atomic E-state index is 12.0. The first-order valence-electron chi connectivity index (χ1n) is 9.07. The number of aromatic nitrogens is 2. The minimum absolute atomic E-state index is 0.411. The Hall–Kier alpha value is -2.23. The molecule has 2 heterocycles. The summed E-state index contributed by atoms with van der Waals surface area (Å²) in [7, 11) is -0.0901. The quantitative estimate of drug-likeness (QED) is 0.679. The molecule has 1 saturated heterocycles. The number of ether oxygens (including phenoxy) is 2. The second-order valence-electron chi connectivity index (χ2n) is 6.80. The molecule has 0 amide bonds. The minimum Gasteiger partial charge on any atom is -0.481 e. The van der Waals surface area contributed by atoms with Crippen LogP contribution in [0.5, 0.6) is 11.8 Å². The summed E-state index contributed by atoms with van der Waals surface area (Å²) in [5.74, 6) is 1.63. The average molecular weight is 407 g/mol. The van der Waals surface area contributed by atoms with Gasteiger partial charge in [0, 0.05) is 39.0 Å². The number of sulfone groups is 1. The van der Waals surface area contributed by atoms with E-state index in [9.17, 15) is 8.42 Å². The van der Waals surface area contributed by atoms with Crippen molar-refractivity contribution in [2.24, 2.45) is 0 Å². The van der Waals surface area contributed by atoms with Crippen LogP contribution in [-0.2, 0) is 22.9 Å². The summed E-state index contributed by atoms with van der Waals surface area (Å²) in [4.78, 5) is 13.7. The fraction of sp³-hybridized carbons (Fsp3) is 0.474. The highest BCUT2D eigenvalue weighted by molar-refractivity contribution is 7.90. The van der Waals surface area contributed by atoms with Crippen LogP contribution in [0.25, 0.3) is 0 Å². The van der Waals surface area contributed by atoms with E-state index in [0.29, 0.717) is 35.6 Å². The van der Waals surface area contributed by atoms with E-state index >= 15 is 0 Å². The molecular weight excluding hydrogens is 380 g/mol. The van der Waals surface area contributed by atoms with E-state index in [1.54, 1.807) is 32.4 Å². The maximum absolute atomic E-state index is 12.0. The third-order valence-corrected chi connectivity index (χ3v) is 5.94. The molecule has 1 fully saturated rings. The molecule has 0 saturated carbocycles. The summed E-state index contributed by atoms with van der Waals surface area (Å²) in [5, 5.41) is 0. The molecule has 0 bridgehead atoms. The lowest BCUT2D eigenvalue weighted by Gasteiger charge is -2.34. The molecule has 8 nitrogen and oxygen atoms in total. The molecule has 2 aromatic rings. The second-order valence-corrected chi connectivity index (χ2v) is 8.79. The summed E-state index contributed by atoms with van der Waals surface area (Å²) in [6.07, 6.45) is 1.26. The smallest absolute Gasteiger partial charge is 0.220 e. The molecule has 0 spiro atoms. The SMILES string of the molecule is COc1cc(OC)nc(CN2CCN(Cc3ccccc3S(C)(=O)=O)CC2)n1. The van der Waals surface area contributed by atoms with Gasteiger partial charge in [-0.25, -0.2) is 8.42 Å². The van der Waals surface area contributed by atoms with Crippen LogP contribution in [0.15, 0.2) is 35.2 Å². The van der Waals surface area contributed by atoms with Gasteiger partial charge in [-0.2, -0.15) is 9.97 Å². The number of rotatable bonds is 7. The van der Waals surface area contributed by atoms with Gasteiger partial charge >= 0.3 is 0 Å². The van der Waals surface area contributed by atoms with Crippen LogP contribution in [0, 0.1) is 0 Å². The molecule has 1 aliphatic rings. The molecular formula is C19H26N4O4S. The Morgan fingerprint density at radius 2 is 1.46 bits per heavy atom. The van der Waals surface area contributed by atoms with Crippen LogP contribution in [0.2, 0.25) is 0 Å². The lowest BCUT2D eigenvalue weighted by molar-refractivity contribution is 0.119. The van der Waals surface area contributed by atoms with Crippen molar-refractivity contribution >= 4 is 9.84 Å². The summed E-state index contributed by atoms with van der Waals surface area (Å²) in [6.45, 7) is 4.63. The van der Waals surface area contributed by atoms with Gasteiger partial charge in [0.05, 0.1) is 31.7 Å². The highest BCUT2D eigenvalue weighted by atomic mass is 32.2. The first-order valence-corrected chi connectivity index (χ1v) is 11.0. The first kappa shape index (κ1) is 20.5. The Labute approximate surface area is 166 Å². The van der Waals surface area contributed by atoms with Crippen molar-refractivity contribution in [1.82, 2.24) is 19.8 Å². The molecule has 152 valence electrons. The van der Waals surface area contributed by atoms with Crippen LogP contribution in [-0.4, -0.2) is 74.8 Å². The Bertz CT molecular complexity index is 890. The van der Waals surface area contributed by atoms with E-state index in [-0.39, 0.29) is 0 Å². The Morgan fingerprint density at radius 1 is 0.929 bits per heavy atom. The lowest BCUT2D eigenvalue weighted by atomic mass is 10.2. The van der Waals surface area contributed by atoms with E-state index in [1.165, 1.54) is 6.26 Å². The van der Waals surface area contributed by atoms with Gasteiger partial charge in [-0.15, -0.1) is 0 Å². The number of benzene rings is 1. The number of nitrogens with zero attached hydrogens (tertiary/aromatic N) is 4. The molecule has 0 unspecified atom stereocenters. The fourth-order valence-corrected chi connectivity index (χ4v) is 4.21. The second kappa shape index (κ2) is 8.85. The zero-order valence-electron chi connectivity index (χ0n) is 16.5. The molecule has 0 aliphatic carbocycles. The van der Waals surface area contributed by atoms with Crippen molar-refractivity contribution in [2.75, 3.05) is 46.7 Å². The van der Waals surface area contributed by atoms with Gasteiger partial charge in [-0.3, -0.25) is 9.80 Å². The molecule has 9 heteroatoms. The van der Waals surface area contributed by atoms with Crippen molar-refractivity contribution in [1.29, 1.82) is 0 Å². The van der Waals surface area contributed by atoms with Gasteiger partial charge in [0.15, 0.2) is 9.84 Å². The van der Waals surface area contributed by atoms with Crippen molar-refractivity contribution in [2.45, 2.75) is 18.0 Å². The number of piperazine rings is 1. The van der Waals surface area contributed by atoms with Crippen molar-refractivity contribution < 1.29 is 17.9 Å². The van der Waals surface area contributed by atoms with Gasteiger partial charge in [-0.05, 0) is 11.6 Å². The van der Waals surface area contributed by atoms with E-state index in [1.807, 2.05) is 12.1 Å². The van der Waals surface area contributed by atoms with E-state index in [0.717, 1.165) is 31.7 Å². The van der Waals surface area contributed by atoms with Gasteiger partial charge in [0.25, 0.3) is 0 Å². The zero-order valence-corrected chi connectivity index (χ0v) is 17.3. The van der Waals surface area contributed by atoms with Crippen LogP contribution >= 0.6 is 0 Å². The van der Waals surface area contributed by atoms with Crippen molar-refractivity contribution in [3.05, 3.63) is 41.7 Å². The van der Waals surface area contributed by atoms with E-state index in [4.69, 9.17) is 9.47 Å². The number of hydrogen-bond acceptors (Lipinski definition) is 8. The monoisotopic (exact) mass is 406 g/mol. The summed E-state index contributed by atoms with van der Waals surface area (Å²) < 4.78 is 34.4. The molecule has 1 aromatic heterocycles. The van der Waals surface area contributed by atoms with Crippen LogP contribution in [0.3, 0.4) is 0 Å². The third kappa shape index (κ3) is 5.18. The first-order chi connectivity index (χ1) is 13.4.